The second-order valence-electron chi connectivity index (χ2n) is 4.85. The van der Waals surface area contributed by atoms with Gasteiger partial charge in [-0.2, -0.15) is 0 Å². The van der Waals surface area contributed by atoms with Crippen LogP contribution in [0.2, 0.25) is 0 Å². The van der Waals surface area contributed by atoms with Crippen LogP contribution >= 0.6 is 0 Å². The molecule has 1 N–H and O–H groups in total. The van der Waals surface area contributed by atoms with Gasteiger partial charge in [-0.1, -0.05) is 0 Å². The molecule has 0 bridgehead atoms. The Kier molecular flexibility index (Phi) is 5.67. The number of nitrogens with one attached hydrogen (secondary N) is 1. The van der Waals surface area contributed by atoms with Gasteiger partial charge in [0.1, 0.15) is 22.6 Å². The monoisotopic (exact) mass is 344 g/mol. The van der Waals surface area contributed by atoms with Crippen molar-refractivity contribution >= 4 is 17.8 Å². The van der Waals surface area contributed by atoms with Crippen molar-refractivity contribution in [3.05, 3.63) is 52.1 Å². The summed E-state index contributed by atoms with van der Waals surface area (Å²) < 4.78 is 15.4. The summed E-state index contributed by atoms with van der Waals surface area (Å²) in [5, 5.41) is 0. The Labute approximate surface area is 143 Å². The summed E-state index contributed by atoms with van der Waals surface area (Å²) >= 11 is 0. The fourth-order valence-corrected chi connectivity index (χ4v) is 1.92. The van der Waals surface area contributed by atoms with Gasteiger partial charge >= 0.3 is 5.97 Å². The molecule has 2 aromatic rings. The molecule has 130 valence electrons. The Bertz CT molecular complexity index is 885. The van der Waals surface area contributed by atoms with Gasteiger partial charge in [0, 0.05) is 0 Å². The lowest BCUT2D eigenvalue weighted by Gasteiger charge is -2.11. The zero-order valence-corrected chi connectivity index (χ0v) is 13.9. The summed E-state index contributed by atoms with van der Waals surface area (Å²) in [5.74, 6) is -0.378. The first kappa shape index (κ1) is 17.9. The molecular formula is C17H16N2O6. The first-order chi connectivity index (χ1) is 12.0. The molecule has 0 aliphatic rings. The van der Waals surface area contributed by atoms with Crippen LogP contribution in [0.25, 0.3) is 6.08 Å². The fourth-order valence-electron chi connectivity index (χ4n) is 1.92. The number of benzene rings is 1. The Morgan fingerprint density at radius 3 is 2.64 bits per heavy atom. The number of methoxy groups -OCH3 is 2. The molecule has 0 spiro atoms. The Hall–Kier alpha value is -3.42. The number of allylic oxidation sites excluding steroid dienone is 1. The van der Waals surface area contributed by atoms with E-state index >= 15 is 0 Å². The number of aromatic nitrogens is 2. The quantitative estimate of drug-likeness (QED) is 0.630. The second kappa shape index (κ2) is 7.91. The van der Waals surface area contributed by atoms with Gasteiger partial charge in [0.25, 0.3) is 5.56 Å². The minimum Gasteiger partial charge on any atom is -0.497 e. The van der Waals surface area contributed by atoms with E-state index in [1.54, 1.807) is 6.07 Å². The number of rotatable bonds is 6. The zero-order valence-electron chi connectivity index (χ0n) is 13.9. The van der Waals surface area contributed by atoms with E-state index in [1.165, 1.54) is 45.4 Å². The number of esters is 1. The average Bonchev–Trinajstić information content (AvgIpc) is 2.60. The summed E-state index contributed by atoms with van der Waals surface area (Å²) in [4.78, 5) is 41.4. The number of carbonyl (C=O) groups excluding carboxylic acids is 2. The molecule has 8 heteroatoms. The number of hydrogen-bond acceptors (Lipinski definition) is 7. The number of ketones is 1. The van der Waals surface area contributed by atoms with Crippen LogP contribution in [-0.4, -0.2) is 35.9 Å². The SMILES string of the molecule is COC(=O)c1cc(OC)ccc1Oc1nc[nH]c(=O)c1/C=C/C(C)=O. The van der Waals surface area contributed by atoms with Gasteiger partial charge < -0.3 is 19.2 Å². The molecule has 0 aliphatic heterocycles. The number of nitrogens with zero attached hydrogens (tertiary/aromatic N) is 1. The third-order valence-electron chi connectivity index (χ3n) is 3.14. The van der Waals surface area contributed by atoms with Crippen LogP contribution in [0, 0.1) is 0 Å². The molecule has 0 fully saturated rings. The van der Waals surface area contributed by atoms with Gasteiger partial charge in [-0.25, -0.2) is 9.78 Å². The fraction of sp³-hybridized carbons (Fsp3) is 0.176. The van der Waals surface area contributed by atoms with E-state index in [1.807, 2.05) is 0 Å². The van der Waals surface area contributed by atoms with Crippen LogP contribution in [0.15, 0.2) is 35.4 Å². The predicted octanol–water partition coefficient (Wildman–Crippen LogP) is 1.96. The van der Waals surface area contributed by atoms with E-state index in [9.17, 15) is 14.4 Å². The zero-order chi connectivity index (χ0) is 18.4. The number of hydrogen-bond donors (Lipinski definition) is 1. The van der Waals surface area contributed by atoms with E-state index in [4.69, 9.17) is 14.2 Å². The van der Waals surface area contributed by atoms with Crippen molar-refractivity contribution in [3.8, 4) is 17.4 Å². The summed E-state index contributed by atoms with van der Waals surface area (Å²) in [7, 11) is 2.69. The second-order valence-corrected chi connectivity index (χ2v) is 4.85. The number of ether oxygens (including phenoxy) is 3. The van der Waals surface area contributed by atoms with Crippen molar-refractivity contribution in [2.75, 3.05) is 14.2 Å². The first-order valence-electron chi connectivity index (χ1n) is 7.16. The Morgan fingerprint density at radius 2 is 2.00 bits per heavy atom. The number of carbonyl (C=O) groups is 2. The third kappa shape index (κ3) is 4.31. The molecule has 0 amide bonds. The van der Waals surface area contributed by atoms with Crippen LogP contribution in [0.1, 0.15) is 22.8 Å². The van der Waals surface area contributed by atoms with Gasteiger partial charge in [-0.05, 0) is 37.3 Å². The lowest BCUT2D eigenvalue weighted by Crippen LogP contribution is -2.12. The maximum Gasteiger partial charge on any atom is 0.341 e. The first-order valence-corrected chi connectivity index (χ1v) is 7.16. The topological polar surface area (TPSA) is 108 Å². The summed E-state index contributed by atoms with van der Waals surface area (Å²) in [6.45, 7) is 1.35. The minimum absolute atomic E-state index is 0.0457. The van der Waals surface area contributed by atoms with Crippen LogP contribution in [-0.2, 0) is 9.53 Å². The van der Waals surface area contributed by atoms with Crippen molar-refractivity contribution in [2.24, 2.45) is 0 Å². The smallest absolute Gasteiger partial charge is 0.341 e. The normalized spacial score (nSPS) is 10.5. The average molecular weight is 344 g/mol. The lowest BCUT2D eigenvalue weighted by molar-refractivity contribution is -0.112. The third-order valence-corrected chi connectivity index (χ3v) is 3.14. The van der Waals surface area contributed by atoms with Crippen molar-refractivity contribution < 1.29 is 23.8 Å². The standard InChI is InChI=1S/C17H16N2O6/c1-10(20)4-6-12-15(21)18-9-19-16(12)25-14-7-5-11(23-2)8-13(14)17(22)24-3/h4-9H,1-3H3,(H,18,19,21)/b6-4+. The Balaban J connectivity index is 2.50. The van der Waals surface area contributed by atoms with Crippen LogP contribution in [0.5, 0.6) is 17.4 Å². The van der Waals surface area contributed by atoms with E-state index in [-0.39, 0.29) is 28.5 Å². The van der Waals surface area contributed by atoms with Crippen molar-refractivity contribution in [2.45, 2.75) is 6.92 Å². The van der Waals surface area contributed by atoms with Crippen LogP contribution in [0.4, 0.5) is 0 Å². The molecule has 0 unspecified atom stereocenters. The van der Waals surface area contributed by atoms with Crippen LogP contribution < -0.4 is 15.0 Å². The largest absolute Gasteiger partial charge is 0.497 e. The van der Waals surface area contributed by atoms with Gasteiger partial charge in [0.15, 0.2) is 5.78 Å². The Morgan fingerprint density at radius 1 is 1.24 bits per heavy atom. The minimum atomic E-state index is -0.639. The highest BCUT2D eigenvalue weighted by atomic mass is 16.5. The van der Waals surface area contributed by atoms with Gasteiger partial charge in [-0.15, -0.1) is 0 Å². The number of aromatic amines is 1. The molecule has 1 heterocycles. The molecule has 8 nitrogen and oxygen atoms in total. The summed E-state index contributed by atoms with van der Waals surface area (Å²) in [6.07, 6.45) is 3.67. The van der Waals surface area contributed by atoms with Gasteiger partial charge in [0.2, 0.25) is 5.88 Å². The van der Waals surface area contributed by atoms with Crippen molar-refractivity contribution in [1.82, 2.24) is 9.97 Å². The lowest BCUT2D eigenvalue weighted by atomic mass is 10.2. The van der Waals surface area contributed by atoms with Crippen LogP contribution in [0.3, 0.4) is 0 Å². The van der Waals surface area contributed by atoms with Crippen molar-refractivity contribution in [1.29, 1.82) is 0 Å². The van der Waals surface area contributed by atoms with E-state index < -0.39 is 11.5 Å². The van der Waals surface area contributed by atoms with Gasteiger partial charge in [0.05, 0.1) is 20.5 Å². The summed E-state index contributed by atoms with van der Waals surface area (Å²) in [6, 6.07) is 4.52. The van der Waals surface area contributed by atoms with E-state index in [0.29, 0.717) is 5.75 Å². The molecule has 1 aromatic heterocycles. The molecule has 0 atom stereocenters. The maximum atomic E-state index is 12.0. The van der Waals surface area contributed by atoms with Gasteiger partial charge in [-0.3, -0.25) is 9.59 Å². The molecule has 1 aromatic carbocycles. The highest BCUT2D eigenvalue weighted by molar-refractivity contribution is 5.93. The number of H-pyrrole nitrogens is 1. The maximum absolute atomic E-state index is 12.0. The highest BCUT2D eigenvalue weighted by Crippen LogP contribution is 2.29. The molecule has 0 saturated carbocycles. The van der Waals surface area contributed by atoms with E-state index in [2.05, 4.69) is 9.97 Å². The molecular weight excluding hydrogens is 328 g/mol. The predicted molar refractivity (Wildman–Crippen MR) is 89.0 cm³/mol. The van der Waals surface area contributed by atoms with Crippen molar-refractivity contribution in [3.63, 3.8) is 0 Å². The van der Waals surface area contributed by atoms with E-state index in [0.717, 1.165) is 6.33 Å². The molecule has 25 heavy (non-hydrogen) atoms. The summed E-state index contributed by atoms with van der Waals surface area (Å²) in [5.41, 5.74) is -0.342. The molecule has 0 saturated heterocycles. The molecule has 0 radical (unpaired) electrons. The molecule has 0 aliphatic carbocycles. The molecule has 2 rings (SSSR count). The highest BCUT2D eigenvalue weighted by Gasteiger charge is 2.17.